The number of carbonyl (C=O) groups excluding carboxylic acids is 2. The lowest BCUT2D eigenvalue weighted by molar-refractivity contribution is -0.115. The van der Waals surface area contributed by atoms with Crippen LogP contribution in [0.5, 0.6) is 0 Å². The maximum atomic E-state index is 11.8. The van der Waals surface area contributed by atoms with E-state index in [-0.39, 0.29) is 18.3 Å². The molecule has 1 aliphatic carbocycles. The summed E-state index contributed by atoms with van der Waals surface area (Å²) in [6.07, 6.45) is 9.91. The van der Waals surface area contributed by atoms with Crippen LogP contribution >= 0.6 is 0 Å². The molecule has 2 aromatic rings. The predicted octanol–water partition coefficient (Wildman–Crippen LogP) is 3.31. The third kappa shape index (κ3) is 6.41. The molecule has 0 saturated heterocycles. The first-order valence-electron chi connectivity index (χ1n) is 10.8. The highest BCUT2D eigenvalue weighted by atomic mass is 16.5. The average molecular weight is 447 g/mol. The van der Waals surface area contributed by atoms with Gasteiger partial charge < -0.3 is 20.2 Å². The molecular weight excluding hydrogens is 416 g/mol. The number of hydrazine groups is 1. The van der Waals surface area contributed by atoms with Gasteiger partial charge in [0.25, 0.3) is 0 Å². The summed E-state index contributed by atoms with van der Waals surface area (Å²) in [5.41, 5.74) is 7.45. The monoisotopic (exact) mass is 446 g/mol. The zero-order valence-electron chi connectivity index (χ0n) is 18.7. The number of carbonyl (C=O) groups is 2. The molecule has 1 atom stereocenters. The molecule has 1 unspecified atom stereocenters. The van der Waals surface area contributed by atoms with Crippen LogP contribution in [0, 0.1) is 5.92 Å². The molecule has 0 heterocycles. The zero-order chi connectivity index (χ0) is 23.7. The molecule has 0 fully saturated rings. The number of ether oxygens (including phenoxy) is 1. The summed E-state index contributed by atoms with van der Waals surface area (Å²) in [7, 11) is 1.88. The number of para-hydroxylation sites is 2. The molecule has 7 heteroatoms. The first kappa shape index (κ1) is 24.0. The molecule has 0 saturated carbocycles. The van der Waals surface area contributed by atoms with Crippen molar-refractivity contribution in [2.45, 2.75) is 18.6 Å². The Hall–Kier alpha value is -3.68. The molecule has 0 aromatic heterocycles. The second-order valence-electron chi connectivity index (χ2n) is 7.91. The molecule has 0 spiro atoms. The average Bonchev–Trinajstić information content (AvgIpc) is 2.86. The summed E-state index contributed by atoms with van der Waals surface area (Å²) >= 11 is 0. The van der Waals surface area contributed by atoms with E-state index in [1.807, 2.05) is 72.6 Å². The molecule has 172 valence electrons. The molecule has 0 bridgehead atoms. The molecule has 7 nitrogen and oxygen atoms in total. The van der Waals surface area contributed by atoms with Gasteiger partial charge in [-0.05, 0) is 61.4 Å². The van der Waals surface area contributed by atoms with Crippen molar-refractivity contribution in [1.82, 2.24) is 0 Å². The van der Waals surface area contributed by atoms with Crippen molar-refractivity contribution >= 4 is 23.4 Å². The minimum absolute atomic E-state index is 0.106. The number of nitrogens with two attached hydrogens (primary N) is 2. The van der Waals surface area contributed by atoms with Crippen molar-refractivity contribution in [3.8, 4) is 0 Å². The number of hydrogen-bond donors (Lipinski definition) is 2. The van der Waals surface area contributed by atoms with Gasteiger partial charge in [-0.25, -0.2) is 5.84 Å². The summed E-state index contributed by atoms with van der Waals surface area (Å²) in [5, 5.41) is 1.46. The first-order valence-corrected chi connectivity index (χ1v) is 10.8. The maximum absolute atomic E-state index is 11.8. The van der Waals surface area contributed by atoms with Gasteiger partial charge in [0.15, 0.2) is 11.5 Å². The number of nitrogens with zero attached hydrogens (tertiary/aromatic N) is 2. The molecule has 0 radical (unpaired) electrons. The molecular formula is C26H30N4O3. The van der Waals surface area contributed by atoms with E-state index in [4.69, 9.17) is 16.3 Å². The third-order valence-electron chi connectivity index (χ3n) is 5.52. The highest BCUT2D eigenvalue weighted by Crippen LogP contribution is 2.29. The van der Waals surface area contributed by atoms with Crippen molar-refractivity contribution in [2.75, 3.05) is 23.6 Å². The van der Waals surface area contributed by atoms with Gasteiger partial charge in [-0.2, -0.15) is 0 Å². The van der Waals surface area contributed by atoms with Gasteiger partial charge in [0.2, 0.25) is 0 Å². The standard InChI is InChI=1S/C26H30N4O3/c1-29(23-8-4-2-5-9-23)26(16-14-25(32)15-17-26)33-20-21(19-31)12-13-22(27)18-30(28)24-10-6-3-7-11-24/h2-11,14-19,21H,12-13,20,27-28H2,1H3/b22-18-. The van der Waals surface area contributed by atoms with Crippen molar-refractivity contribution in [3.05, 3.63) is 96.9 Å². The normalized spacial score (nSPS) is 15.8. The molecule has 2 aromatic carbocycles. The lowest BCUT2D eigenvalue weighted by Crippen LogP contribution is -2.48. The fourth-order valence-electron chi connectivity index (χ4n) is 3.49. The Morgan fingerprint density at radius 2 is 1.61 bits per heavy atom. The molecule has 1 aliphatic rings. The van der Waals surface area contributed by atoms with E-state index in [1.165, 1.54) is 17.2 Å². The number of rotatable bonds is 11. The van der Waals surface area contributed by atoms with E-state index in [1.54, 1.807) is 18.4 Å². The van der Waals surface area contributed by atoms with Crippen molar-refractivity contribution in [2.24, 2.45) is 17.5 Å². The Morgan fingerprint density at radius 1 is 1.03 bits per heavy atom. The summed E-state index contributed by atoms with van der Waals surface area (Å²) in [6.45, 7) is 0.169. The Labute approximate surface area is 194 Å². The van der Waals surface area contributed by atoms with Crippen molar-refractivity contribution < 1.29 is 14.3 Å². The first-order chi connectivity index (χ1) is 15.9. The van der Waals surface area contributed by atoms with Crippen LogP contribution in [0.3, 0.4) is 0 Å². The second-order valence-corrected chi connectivity index (χ2v) is 7.91. The number of ketones is 1. The highest BCUT2D eigenvalue weighted by molar-refractivity contribution is 6.00. The van der Waals surface area contributed by atoms with Crippen LogP contribution in [0.1, 0.15) is 12.8 Å². The Morgan fingerprint density at radius 3 is 2.18 bits per heavy atom. The second kappa shape index (κ2) is 11.3. The van der Waals surface area contributed by atoms with Gasteiger partial charge in [-0.3, -0.25) is 9.80 Å². The largest absolute Gasteiger partial charge is 0.401 e. The molecule has 0 amide bonds. The van der Waals surface area contributed by atoms with Crippen LogP contribution in [0.15, 0.2) is 96.9 Å². The fourth-order valence-corrected chi connectivity index (χ4v) is 3.49. The number of likely N-dealkylation sites (N-methyl/N-ethyl adjacent to an activating group) is 1. The number of anilines is 2. The third-order valence-corrected chi connectivity index (χ3v) is 5.52. The fraction of sp³-hybridized carbons (Fsp3) is 0.231. The quantitative estimate of drug-likeness (QED) is 0.236. The van der Waals surface area contributed by atoms with E-state index in [0.29, 0.717) is 18.5 Å². The van der Waals surface area contributed by atoms with E-state index in [9.17, 15) is 9.59 Å². The van der Waals surface area contributed by atoms with Gasteiger partial charge in [-0.1, -0.05) is 36.4 Å². The summed E-state index contributed by atoms with van der Waals surface area (Å²) < 4.78 is 6.24. The Balaban J connectivity index is 1.64. The molecule has 0 aliphatic heterocycles. The number of benzene rings is 2. The summed E-state index contributed by atoms with van der Waals surface area (Å²) in [4.78, 5) is 25.4. The van der Waals surface area contributed by atoms with Gasteiger partial charge >= 0.3 is 0 Å². The van der Waals surface area contributed by atoms with Crippen LogP contribution in [-0.4, -0.2) is 31.4 Å². The Kier molecular flexibility index (Phi) is 8.18. The molecule has 33 heavy (non-hydrogen) atoms. The van der Waals surface area contributed by atoms with E-state index in [2.05, 4.69) is 0 Å². The number of hydrogen-bond acceptors (Lipinski definition) is 7. The zero-order valence-corrected chi connectivity index (χ0v) is 18.7. The van der Waals surface area contributed by atoms with Crippen LogP contribution < -0.4 is 21.5 Å². The molecule has 4 N–H and O–H groups in total. The van der Waals surface area contributed by atoms with Crippen molar-refractivity contribution in [3.63, 3.8) is 0 Å². The van der Waals surface area contributed by atoms with Gasteiger partial charge in [-0.15, -0.1) is 0 Å². The van der Waals surface area contributed by atoms with Gasteiger partial charge in [0.05, 0.1) is 12.3 Å². The van der Waals surface area contributed by atoms with Gasteiger partial charge in [0, 0.05) is 30.5 Å². The highest BCUT2D eigenvalue weighted by Gasteiger charge is 2.33. The summed E-state index contributed by atoms with van der Waals surface area (Å²) in [6, 6.07) is 19.2. The minimum Gasteiger partial charge on any atom is -0.401 e. The van der Waals surface area contributed by atoms with Crippen LogP contribution in [0.4, 0.5) is 11.4 Å². The number of allylic oxidation sites excluding steroid dienone is 3. The minimum atomic E-state index is -0.973. The lowest BCUT2D eigenvalue weighted by atomic mass is 10.0. The van der Waals surface area contributed by atoms with Gasteiger partial charge in [0.1, 0.15) is 6.29 Å². The van der Waals surface area contributed by atoms with Crippen LogP contribution in [-0.2, 0) is 14.3 Å². The topological polar surface area (TPSA) is 102 Å². The SMILES string of the molecule is CN(c1ccccc1)C1(OCC(C=O)CC/C(N)=C/N(N)c2ccccc2)C=CC(=O)C=C1. The Bertz CT molecular complexity index is 1000. The van der Waals surface area contributed by atoms with E-state index >= 15 is 0 Å². The van der Waals surface area contributed by atoms with Crippen LogP contribution in [0.25, 0.3) is 0 Å². The lowest BCUT2D eigenvalue weighted by Gasteiger charge is -2.40. The summed E-state index contributed by atoms with van der Waals surface area (Å²) in [5.74, 6) is 5.56. The van der Waals surface area contributed by atoms with E-state index < -0.39 is 5.72 Å². The maximum Gasteiger partial charge on any atom is 0.180 e. The molecule has 3 rings (SSSR count). The smallest absolute Gasteiger partial charge is 0.180 e. The predicted molar refractivity (Wildman–Crippen MR) is 131 cm³/mol. The number of aldehydes is 1. The van der Waals surface area contributed by atoms with Crippen LogP contribution in [0.2, 0.25) is 0 Å². The van der Waals surface area contributed by atoms with Crippen molar-refractivity contribution in [1.29, 1.82) is 0 Å². The van der Waals surface area contributed by atoms with E-state index in [0.717, 1.165) is 17.7 Å².